The molecule has 3 aromatic rings. The fourth-order valence-electron chi connectivity index (χ4n) is 2.93. The largest absolute Gasteiger partial charge is 0.378 e. The Morgan fingerprint density at radius 2 is 1.85 bits per heavy atom. The Kier molecular flexibility index (Phi) is 4.43. The maximum Gasteiger partial charge on any atom is 0.324 e. The Balaban J connectivity index is 1.84. The van der Waals surface area contributed by atoms with Crippen LogP contribution in [0.5, 0.6) is 0 Å². The van der Waals surface area contributed by atoms with E-state index in [1.54, 1.807) is 6.07 Å². The van der Waals surface area contributed by atoms with Crippen molar-refractivity contribution in [1.82, 2.24) is 10.3 Å². The van der Waals surface area contributed by atoms with Crippen molar-refractivity contribution in [3.63, 3.8) is 0 Å². The van der Waals surface area contributed by atoms with Crippen LogP contribution in [0.15, 0.2) is 39.4 Å². The van der Waals surface area contributed by atoms with Crippen LogP contribution in [0, 0.1) is 10.1 Å². The summed E-state index contributed by atoms with van der Waals surface area (Å²) in [5.74, 6) is 0. The van der Waals surface area contributed by atoms with Gasteiger partial charge < -0.3 is 15.0 Å². The van der Waals surface area contributed by atoms with Gasteiger partial charge in [-0.1, -0.05) is 15.9 Å². The molecule has 0 unspecified atom stereocenters. The number of hydrogen-bond acceptors (Lipinski definition) is 8. The van der Waals surface area contributed by atoms with Crippen molar-refractivity contribution < 1.29 is 14.3 Å². The lowest BCUT2D eigenvalue weighted by Gasteiger charge is -2.29. The Hall–Kier alpha value is -2.72. The first-order chi connectivity index (χ1) is 12.6. The summed E-state index contributed by atoms with van der Waals surface area (Å²) in [6, 6.07) is 9.08. The van der Waals surface area contributed by atoms with Crippen LogP contribution in [0.2, 0.25) is 0 Å². The molecule has 2 heterocycles. The van der Waals surface area contributed by atoms with Crippen molar-refractivity contribution >= 4 is 49.7 Å². The van der Waals surface area contributed by atoms with Crippen LogP contribution in [-0.4, -0.2) is 41.5 Å². The molecule has 26 heavy (non-hydrogen) atoms. The third-order valence-electron chi connectivity index (χ3n) is 4.15. The van der Waals surface area contributed by atoms with E-state index < -0.39 is 4.92 Å². The number of hydrogen-bond donors (Lipinski definition) is 1. The first-order valence-corrected chi connectivity index (χ1v) is 8.72. The molecule has 0 radical (unpaired) electrons. The Bertz CT molecular complexity index is 953. The summed E-state index contributed by atoms with van der Waals surface area (Å²) < 4.78 is 11.1. The zero-order valence-electron chi connectivity index (χ0n) is 13.5. The minimum absolute atomic E-state index is 0.124. The standard InChI is InChI=1S/C16H14BrN5O4/c17-10-1-3-11(4-2-10)18-12-9-13(21-5-7-25-8-6-21)14-15(20-26-19-14)16(12)22(23)24/h1-4,9,18H,5-8H2. The predicted molar refractivity (Wildman–Crippen MR) is 98.9 cm³/mol. The first-order valence-electron chi connectivity index (χ1n) is 7.92. The summed E-state index contributed by atoms with van der Waals surface area (Å²) in [5.41, 5.74) is 2.12. The van der Waals surface area contributed by atoms with Crippen LogP contribution in [0.4, 0.5) is 22.7 Å². The molecule has 0 aliphatic carbocycles. The second-order valence-corrected chi connectivity index (χ2v) is 6.66. The molecular formula is C16H14BrN5O4. The molecule has 1 aromatic heterocycles. The zero-order chi connectivity index (χ0) is 18.1. The van der Waals surface area contributed by atoms with Gasteiger partial charge in [0.1, 0.15) is 5.69 Å². The summed E-state index contributed by atoms with van der Waals surface area (Å²) >= 11 is 3.37. The molecular weight excluding hydrogens is 406 g/mol. The van der Waals surface area contributed by atoms with E-state index in [0.717, 1.165) is 15.8 Å². The Morgan fingerprint density at radius 3 is 2.54 bits per heavy atom. The fourth-order valence-corrected chi connectivity index (χ4v) is 3.19. The molecule has 2 aromatic carbocycles. The molecule has 0 amide bonds. The van der Waals surface area contributed by atoms with E-state index in [9.17, 15) is 10.1 Å². The highest BCUT2D eigenvalue weighted by Crippen LogP contribution is 2.40. The van der Waals surface area contributed by atoms with E-state index in [1.165, 1.54) is 0 Å². The topological polar surface area (TPSA) is 107 Å². The number of anilines is 3. The van der Waals surface area contributed by atoms with Crippen LogP contribution in [0.1, 0.15) is 0 Å². The van der Waals surface area contributed by atoms with Crippen molar-refractivity contribution in [2.24, 2.45) is 0 Å². The minimum Gasteiger partial charge on any atom is -0.378 e. The van der Waals surface area contributed by atoms with E-state index in [-0.39, 0.29) is 11.2 Å². The second-order valence-electron chi connectivity index (χ2n) is 5.74. The van der Waals surface area contributed by atoms with Crippen LogP contribution in [-0.2, 0) is 4.74 Å². The van der Waals surface area contributed by atoms with Crippen LogP contribution in [0.25, 0.3) is 11.0 Å². The highest BCUT2D eigenvalue weighted by Gasteiger charge is 2.28. The van der Waals surface area contributed by atoms with Gasteiger partial charge in [-0.05, 0) is 40.6 Å². The smallest absolute Gasteiger partial charge is 0.324 e. The quantitative estimate of drug-likeness (QED) is 0.505. The molecule has 0 spiro atoms. The number of nitrogens with one attached hydrogen (secondary N) is 1. The number of nitrogens with zero attached hydrogens (tertiary/aromatic N) is 4. The lowest BCUT2D eigenvalue weighted by Crippen LogP contribution is -2.36. The number of ether oxygens (including phenoxy) is 1. The minimum atomic E-state index is -0.475. The van der Waals surface area contributed by atoms with E-state index in [1.807, 2.05) is 24.3 Å². The van der Waals surface area contributed by atoms with E-state index in [0.29, 0.717) is 37.5 Å². The number of aromatic nitrogens is 2. The van der Waals surface area contributed by atoms with Crippen LogP contribution >= 0.6 is 15.9 Å². The van der Waals surface area contributed by atoms with Gasteiger partial charge in [0.15, 0.2) is 5.52 Å². The van der Waals surface area contributed by atoms with Gasteiger partial charge in [0.25, 0.3) is 0 Å². The maximum atomic E-state index is 11.7. The number of morpholine rings is 1. The number of nitro groups is 1. The van der Waals surface area contributed by atoms with Crippen molar-refractivity contribution in [3.05, 3.63) is 44.9 Å². The lowest BCUT2D eigenvalue weighted by molar-refractivity contribution is -0.382. The molecule has 4 rings (SSSR count). The number of rotatable bonds is 4. The highest BCUT2D eigenvalue weighted by atomic mass is 79.9. The highest BCUT2D eigenvalue weighted by molar-refractivity contribution is 9.10. The molecule has 0 atom stereocenters. The molecule has 1 aliphatic heterocycles. The summed E-state index contributed by atoms with van der Waals surface area (Å²) in [6.07, 6.45) is 0. The molecule has 1 N–H and O–H groups in total. The number of halogens is 1. The van der Waals surface area contributed by atoms with E-state index >= 15 is 0 Å². The normalized spacial score (nSPS) is 14.6. The number of fused-ring (bicyclic) bond motifs is 1. The average molecular weight is 420 g/mol. The van der Waals surface area contributed by atoms with Gasteiger partial charge in [-0.3, -0.25) is 10.1 Å². The van der Waals surface area contributed by atoms with Crippen LogP contribution in [0.3, 0.4) is 0 Å². The van der Waals surface area contributed by atoms with Crippen LogP contribution < -0.4 is 10.2 Å². The molecule has 1 aliphatic rings. The van der Waals surface area contributed by atoms with E-state index in [2.05, 4.69) is 36.5 Å². The van der Waals surface area contributed by atoms with Gasteiger partial charge >= 0.3 is 5.69 Å². The van der Waals surface area contributed by atoms with Gasteiger partial charge in [-0.2, -0.15) is 0 Å². The maximum absolute atomic E-state index is 11.7. The van der Waals surface area contributed by atoms with Crippen molar-refractivity contribution in [2.45, 2.75) is 0 Å². The first kappa shape index (κ1) is 16.7. The summed E-state index contributed by atoms with van der Waals surface area (Å²) in [4.78, 5) is 13.3. The molecule has 9 nitrogen and oxygen atoms in total. The molecule has 134 valence electrons. The molecule has 1 fully saturated rings. The molecule has 1 saturated heterocycles. The van der Waals surface area contributed by atoms with Gasteiger partial charge in [-0.15, -0.1) is 0 Å². The third kappa shape index (κ3) is 3.08. The summed E-state index contributed by atoms with van der Waals surface area (Å²) in [7, 11) is 0. The Morgan fingerprint density at radius 1 is 1.15 bits per heavy atom. The SMILES string of the molecule is O=[N+]([O-])c1c(Nc2ccc(Br)cc2)cc(N2CCOCC2)c2nonc12. The van der Waals surface area contributed by atoms with E-state index in [4.69, 9.17) is 9.37 Å². The van der Waals surface area contributed by atoms with Gasteiger partial charge in [0.05, 0.1) is 23.8 Å². The number of benzene rings is 2. The van der Waals surface area contributed by atoms with Gasteiger partial charge in [0, 0.05) is 23.2 Å². The third-order valence-corrected chi connectivity index (χ3v) is 4.68. The van der Waals surface area contributed by atoms with Crippen molar-refractivity contribution in [3.8, 4) is 0 Å². The Labute approximate surface area is 156 Å². The molecule has 0 bridgehead atoms. The summed E-state index contributed by atoms with van der Waals surface area (Å²) in [6.45, 7) is 2.49. The molecule has 0 saturated carbocycles. The summed E-state index contributed by atoms with van der Waals surface area (Å²) in [5, 5.41) is 22.5. The van der Waals surface area contributed by atoms with Gasteiger partial charge in [-0.25, -0.2) is 4.63 Å². The fraction of sp³-hybridized carbons (Fsp3) is 0.250. The average Bonchev–Trinajstić information content (AvgIpc) is 3.12. The van der Waals surface area contributed by atoms with Crippen molar-refractivity contribution in [1.29, 1.82) is 0 Å². The van der Waals surface area contributed by atoms with Crippen molar-refractivity contribution in [2.75, 3.05) is 36.5 Å². The monoisotopic (exact) mass is 419 g/mol. The second kappa shape index (κ2) is 6.89. The lowest BCUT2D eigenvalue weighted by atomic mass is 10.1. The predicted octanol–water partition coefficient (Wildman–Crippen LogP) is 3.47. The molecule has 10 heteroatoms. The number of nitro benzene ring substituents is 1. The zero-order valence-corrected chi connectivity index (χ0v) is 15.1. The van der Waals surface area contributed by atoms with Gasteiger partial charge in [0.2, 0.25) is 5.52 Å².